The average molecular weight is 683 g/mol. The first-order chi connectivity index (χ1) is 24.4. The molecule has 2 heterocycles. The molecule has 0 spiro atoms. The molecular weight excluding hydrogens is 628 g/mol. The van der Waals surface area contributed by atoms with E-state index < -0.39 is 0 Å². The van der Waals surface area contributed by atoms with Crippen LogP contribution in [0.25, 0.3) is 16.6 Å². The van der Waals surface area contributed by atoms with E-state index in [-0.39, 0.29) is 18.1 Å². The molecule has 3 N–H and O–H groups in total. The molecule has 3 aromatic carbocycles. The highest BCUT2D eigenvalue weighted by Gasteiger charge is 2.24. The molecule has 5 rings (SSSR count). The Hall–Kier alpha value is -4.25. The number of rotatable bonds is 18. The number of hydrogen-bond acceptors (Lipinski definition) is 8. The lowest BCUT2D eigenvalue weighted by Gasteiger charge is -2.34. The molecular formula is C40H54N6O4. The minimum absolute atomic E-state index is 0.00143. The second-order valence-corrected chi connectivity index (χ2v) is 13.5. The summed E-state index contributed by atoms with van der Waals surface area (Å²) in [4.78, 5) is 35.9. The Morgan fingerprint density at radius 3 is 2.42 bits per heavy atom. The fourth-order valence-corrected chi connectivity index (χ4v) is 6.74. The molecule has 1 aliphatic heterocycles. The van der Waals surface area contributed by atoms with E-state index in [1.54, 1.807) is 4.57 Å². The maximum atomic E-state index is 13.8. The second kappa shape index (κ2) is 18.7. The van der Waals surface area contributed by atoms with Crippen molar-refractivity contribution >= 4 is 16.8 Å². The first kappa shape index (κ1) is 37.0. The van der Waals surface area contributed by atoms with E-state index >= 15 is 0 Å². The van der Waals surface area contributed by atoms with Crippen LogP contribution in [-0.4, -0.2) is 77.7 Å². The molecule has 0 radical (unpaired) electrons. The van der Waals surface area contributed by atoms with Gasteiger partial charge in [0.2, 0.25) is 0 Å². The third-order valence-electron chi connectivity index (χ3n) is 9.40. The number of benzene rings is 3. The zero-order chi connectivity index (χ0) is 35.3. The number of fused-ring (bicyclic) bond motifs is 1. The zero-order valence-corrected chi connectivity index (χ0v) is 30.0. The number of hydrogen-bond donors (Lipinski definition) is 2. The average Bonchev–Trinajstić information content (AvgIpc) is 3.12. The minimum Gasteiger partial charge on any atom is -0.492 e. The van der Waals surface area contributed by atoms with Gasteiger partial charge in [-0.1, -0.05) is 63.1 Å². The number of carbonyl (C=O) groups is 1. The molecule has 10 heteroatoms. The van der Waals surface area contributed by atoms with E-state index in [0.717, 1.165) is 32.0 Å². The van der Waals surface area contributed by atoms with Gasteiger partial charge in [0, 0.05) is 32.7 Å². The Kier molecular flexibility index (Phi) is 13.8. The summed E-state index contributed by atoms with van der Waals surface area (Å²) in [6, 6.07) is 23.0. The lowest BCUT2D eigenvalue weighted by molar-refractivity contribution is -0.135. The molecule has 0 bridgehead atoms. The minimum atomic E-state index is -0.127. The third-order valence-corrected chi connectivity index (χ3v) is 9.40. The molecule has 50 heavy (non-hydrogen) atoms. The Labute approximate surface area is 296 Å². The van der Waals surface area contributed by atoms with Crippen LogP contribution in [0, 0.1) is 11.8 Å². The quantitative estimate of drug-likeness (QED) is 0.134. The van der Waals surface area contributed by atoms with E-state index in [9.17, 15) is 9.59 Å². The van der Waals surface area contributed by atoms with Gasteiger partial charge >= 0.3 is 0 Å². The van der Waals surface area contributed by atoms with Crippen molar-refractivity contribution in [1.82, 2.24) is 24.7 Å². The summed E-state index contributed by atoms with van der Waals surface area (Å²) in [5, 5.41) is 4.14. The lowest BCUT2D eigenvalue weighted by Crippen LogP contribution is -2.50. The molecule has 2 unspecified atom stereocenters. The molecule has 0 aliphatic carbocycles. The fourth-order valence-electron chi connectivity index (χ4n) is 6.74. The van der Waals surface area contributed by atoms with Crippen LogP contribution in [0.4, 0.5) is 0 Å². The Morgan fingerprint density at radius 2 is 1.66 bits per heavy atom. The number of amides is 1. The van der Waals surface area contributed by atoms with Crippen LogP contribution >= 0.6 is 0 Å². The van der Waals surface area contributed by atoms with Gasteiger partial charge in [-0.25, -0.2) is 4.98 Å². The summed E-state index contributed by atoms with van der Waals surface area (Å²) in [6.45, 7) is 12.6. The number of para-hydroxylation sites is 3. The molecule has 1 amide bonds. The topological polar surface area (TPSA) is 115 Å². The number of aromatic nitrogens is 2. The number of piperazine rings is 1. The number of ether oxygens (including phenoxy) is 2. The molecule has 10 nitrogen and oxygen atoms in total. The van der Waals surface area contributed by atoms with Crippen molar-refractivity contribution in [2.45, 2.75) is 59.5 Å². The van der Waals surface area contributed by atoms with Crippen molar-refractivity contribution in [2.75, 3.05) is 52.5 Å². The highest BCUT2D eigenvalue weighted by atomic mass is 16.5. The van der Waals surface area contributed by atoms with Crippen LogP contribution in [0.2, 0.25) is 0 Å². The van der Waals surface area contributed by atoms with Gasteiger partial charge < -0.3 is 25.4 Å². The molecule has 1 aliphatic rings. The highest BCUT2D eigenvalue weighted by Crippen LogP contribution is 2.24. The number of nitrogens with two attached hydrogens (primary N) is 1. The second-order valence-electron chi connectivity index (χ2n) is 13.5. The van der Waals surface area contributed by atoms with Crippen LogP contribution in [0.1, 0.15) is 57.8 Å². The number of unbranched alkanes of at least 4 members (excludes halogenated alkanes) is 1. The fraction of sp³-hybridized carbons (Fsp3) is 0.475. The molecule has 268 valence electrons. The monoisotopic (exact) mass is 682 g/mol. The molecule has 1 saturated heterocycles. The van der Waals surface area contributed by atoms with Crippen molar-refractivity contribution in [3.05, 3.63) is 94.5 Å². The van der Waals surface area contributed by atoms with Crippen molar-refractivity contribution in [3.8, 4) is 17.2 Å². The highest BCUT2D eigenvalue weighted by molar-refractivity contribution is 5.78. The summed E-state index contributed by atoms with van der Waals surface area (Å²) in [5.41, 5.74) is 8.03. The first-order valence-corrected chi connectivity index (χ1v) is 18.2. The maximum Gasteiger partial charge on any atom is 0.266 e. The normalized spacial score (nSPS) is 14.8. The molecule has 1 aromatic heterocycles. The zero-order valence-electron chi connectivity index (χ0n) is 30.0. The summed E-state index contributed by atoms with van der Waals surface area (Å²) < 4.78 is 13.4. The first-order valence-electron chi connectivity index (χ1n) is 18.2. The van der Waals surface area contributed by atoms with Crippen LogP contribution in [0.3, 0.4) is 0 Å². The van der Waals surface area contributed by atoms with Gasteiger partial charge in [-0.3, -0.25) is 19.1 Å². The maximum absolute atomic E-state index is 13.8. The van der Waals surface area contributed by atoms with E-state index in [4.69, 9.17) is 20.2 Å². The van der Waals surface area contributed by atoms with Crippen LogP contribution < -0.4 is 26.1 Å². The van der Waals surface area contributed by atoms with Crippen LogP contribution in [-0.2, 0) is 17.9 Å². The number of nitrogens with zero attached hydrogens (tertiary/aromatic N) is 4. The van der Waals surface area contributed by atoms with E-state index in [1.165, 1.54) is 24.8 Å². The van der Waals surface area contributed by atoms with Gasteiger partial charge in [0.25, 0.3) is 11.5 Å². The molecule has 1 fully saturated rings. The standard InChI is InChI=1S/C40H54N6O4/c1-4-49-37-15-8-7-14-36(37)46-38(43-35-13-6-5-12-34(35)40(46)48)28-44-21-23-45(24-22-44)39(47)29-50-33-18-16-32(17-19-33)27-42-26-31(3)25-30(2)11-9-10-20-41/h5-8,12-19,30-31,42H,4,9-11,20-29,41H2,1-3H3. The predicted octanol–water partition coefficient (Wildman–Crippen LogP) is 5.39. The van der Waals surface area contributed by atoms with Gasteiger partial charge in [-0.15, -0.1) is 0 Å². The van der Waals surface area contributed by atoms with Gasteiger partial charge in [-0.2, -0.15) is 0 Å². The lowest BCUT2D eigenvalue weighted by atomic mass is 9.93. The van der Waals surface area contributed by atoms with E-state index in [2.05, 4.69) is 36.2 Å². The Balaban J connectivity index is 1.10. The SMILES string of the molecule is CCOc1ccccc1-n1c(CN2CCN(C(=O)COc3ccc(CNCC(C)CC(C)CCCCN)cc3)CC2)nc2ccccc2c1=O. The van der Waals surface area contributed by atoms with Crippen molar-refractivity contribution in [1.29, 1.82) is 0 Å². The molecule has 4 aromatic rings. The van der Waals surface area contributed by atoms with Gasteiger partial charge in [0.1, 0.15) is 17.3 Å². The number of carbonyl (C=O) groups excluding carboxylic acids is 1. The Bertz CT molecular complexity index is 1720. The Morgan fingerprint density at radius 1 is 0.920 bits per heavy atom. The van der Waals surface area contributed by atoms with Gasteiger partial charge in [0.05, 0.1) is 29.7 Å². The van der Waals surface area contributed by atoms with E-state index in [0.29, 0.717) is 79.2 Å². The smallest absolute Gasteiger partial charge is 0.266 e. The largest absolute Gasteiger partial charge is 0.492 e. The molecule has 0 saturated carbocycles. The van der Waals surface area contributed by atoms with E-state index in [1.807, 2.05) is 72.5 Å². The number of nitrogens with one attached hydrogen (secondary N) is 1. The summed E-state index contributed by atoms with van der Waals surface area (Å²) in [7, 11) is 0. The van der Waals surface area contributed by atoms with Crippen molar-refractivity contribution in [2.24, 2.45) is 17.6 Å². The summed E-state index contributed by atoms with van der Waals surface area (Å²) >= 11 is 0. The third kappa shape index (κ3) is 10.2. The summed E-state index contributed by atoms with van der Waals surface area (Å²) in [5.74, 6) is 3.28. The summed E-state index contributed by atoms with van der Waals surface area (Å²) in [6.07, 6.45) is 4.81. The van der Waals surface area contributed by atoms with Gasteiger partial charge in [0.15, 0.2) is 6.61 Å². The van der Waals surface area contributed by atoms with Crippen LogP contribution in [0.15, 0.2) is 77.6 Å². The molecule has 2 atom stereocenters. The van der Waals surface area contributed by atoms with Gasteiger partial charge in [-0.05, 0) is 86.7 Å². The predicted molar refractivity (Wildman–Crippen MR) is 200 cm³/mol. The van der Waals surface area contributed by atoms with Crippen molar-refractivity contribution < 1.29 is 14.3 Å². The van der Waals surface area contributed by atoms with Crippen LogP contribution in [0.5, 0.6) is 11.5 Å². The van der Waals surface area contributed by atoms with Crippen molar-refractivity contribution in [3.63, 3.8) is 0 Å².